The third-order valence-corrected chi connectivity index (χ3v) is 6.19. The van der Waals surface area contributed by atoms with E-state index in [1.54, 1.807) is 11.1 Å². The van der Waals surface area contributed by atoms with Crippen LogP contribution in [-0.2, 0) is 9.53 Å². The number of rotatable bonds is 3. The van der Waals surface area contributed by atoms with E-state index in [1.165, 1.54) is 0 Å². The van der Waals surface area contributed by atoms with Crippen molar-refractivity contribution >= 4 is 49.4 Å². The van der Waals surface area contributed by atoms with E-state index in [9.17, 15) is 9.59 Å². The molecule has 0 aliphatic carbocycles. The summed E-state index contributed by atoms with van der Waals surface area (Å²) in [6.07, 6.45) is 3.53. The number of nitrogens with one attached hydrogen (secondary N) is 2. The van der Waals surface area contributed by atoms with Gasteiger partial charge < -0.3 is 19.6 Å². The molecule has 2 N–H and O–H groups in total. The smallest absolute Gasteiger partial charge is 0.295 e. The molecule has 1 amide bonds. The van der Waals surface area contributed by atoms with Gasteiger partial charge in [-0.15, -0.1) is 0 Å². The van der Waals surface area contributed by atoms with Gasteiger partial charge in [0, 0.05) is 50.8 Å². The van der Waals surface area contributed by atoms with Crippen LogP contribution >= 0.6 is 15.9 Å². The summed E-state index contributed by atoms with van der Waals surface area (Å²) in [4.78, 5) is 34.5. The van der Waals surface area contributed by atoms with Gasteiger partial charge in [0.2, 0.25) is 0 Å². The van der Waals surface area contributed by atoms with E-state index in [2.05, 4.69) is 25.9 Å². The summed E-state index contributed by atoms with van der Waals surface area (Å²) >= 11 is 3.51. The zero-order valence-corrected chi connectivity index (χ0v) is 18.0. The predicted octanol–water partition coefficient (Wildman–Crippen LogP) is 4.50. The number of H-pyrrole nitrogens is 2. The van der Waals surface area contributed by atoms with Gasteiger partial charge in [-0.25, -0.2) is 0 Å². The predicted molar refractivity (Wildman–Crippen MR) is 119 cm³/mol. The van der Waals surface area contributed by atoms with Gasteiger partial charge in [0.1, 0.15) is 0 Å². The molecule has 0 spiro atoms. The largest absolute Gasteiger partial charge is 0.377 e. The number of carbonyl (C=O) groups is 2. The summed E-state index contributed by atoms with van der Waals surface area (Å²) in [7, 11) is 0. The molecule has 152 valence electrons. The summed E-state index contributed by atoms with van der Waals surface area (Å²) in [6, 6.07) is 11.5. The van der Waals surface area contributed by atoms with E-state index in [1.807, 2.05) is 49.5 Å². The van der Waals surface area contributed by atoms with Gasteiger partial charge in [-0.05, 0) is 37.3 Å². The minimum Gasteiger partial charge on any atom is -0.377 e. The standard InChI is InChI=1S/C23H20BrN3O3/c1-13-2-4-19-15(8-13)18(11-26-19)22(28)23(29)27-6-7-30-12-21(27)17-10-25-20-5-3-14(24)9-16(17)20/h2-5,8-11,21,25-26H,6-7,12H2,1H3. The van der Waals surface area contributed by atoms with Gasteiger partial charge in [0.25, 0.3) is 11.7 Å². The molecule has 1 unspecified atom stereocenters. The molecule has 0 bridgehead atoms. The third-order valence-electron chi connectivity index (χ3n) is 5.70. The fraction of sp³-hybridized carbons (Fsp3) is 0.217. The molecule has 0 radical (unpaired) electrons. The zero-order valence-electron chi connectivity index (χ0n) is 16.4. The van der Waals surface area contributed by atoms with Crippen LogP contribution in [0.15, 0.2) is 53.3 Å². The Morgan fingerprint density at radius 1 is 1.07 bits per heavy atom. The molecule has 1 atom stereocenters. The van der Waals surface area contributed by atoms with Crippen molar-refractivity contribution in [3.63, 3.8) is 0 Å². The Morgan fingerprint density at radius 2 is 1.83 bits per heavy atom. The summed E-state index contributed by atoms with van der Waals surface area (Å²) in [5.41, 5.74) is 4.21. The van der Waals surface area contributed by atoms with Gasteiger partial charge in [-0.1, -0.05) is 27.6 Å². The van der Waals surface area contributed by atoms with Crippen LogP contribution in [0.3, 0.4) is 0 Å². The molecule has 2 aromatic carbocycles. The minimum absolute atomic E-state index is 0.329. The lowest BCUT2D eigenvalue weighted by Gasteiger charge is -2.35. The Morgan fingerprint density at radius 3 is 2.70 bits per heavy atom. The lowest BCUT2D eigenvalue weighted by atomic mass is 10.0. The van der Waals surface area contributed by atoms with E-state index < -0.39 is 11.7 Å². The van der Waals surface area contributed by atoms with Gasteiger partial charge >= 0.3 is 0 Å². The van der Waals surface area contributed by atoms with Crippen LogP contribution in [0.4, 0.5) is 0 Å². The van der Waals surface area contributed by atoms with Crippen molar-refractivity contribution in [1.29, 1.82) is 0 Å². The number of amides is 1. The molecule has 3 heterocycles. The average molecular weight is 466 g/mol. The van der Waals surface area contributed by atoms with Crippen molar-refractivity contribution in [3.05, 3.63) is 70.0 Å². The highest BCUT2D eigenvalue weighted by Crippen LogP contribution is 2.33. The monoisotopic (exact) mass is 465 g/mol. The normalized spacial score (nSPS) is 17.0. The maximum absolute atomic E-state index is 13.3. The van der Waals surface area contributed by atoms with E-state index in [-0.39, 0.29) is 6.04 Å². The van der Waals surface area contributed by atoms with Gasteiger partial charge in [-0.2, -0.15) is 0 Å². The van der Waals surface area contributed by atoms with Crippen molar-refractivity contribution in [2.75, 3.05) is 19.8 Å². The number of hydrogen-bond donors (Lipinski definition) is 2. The Labute approximate surface area is 181 Å². The first-order chi connectivity index (χ1) is 14.5. The molecular formula is C23H20BrN3O3. The zero-order chi connectivity index (χ0) is 20.8. The molecule has 1 aliphatic heterocycles. The topological polar surface area (TPSA) is 78.2 Å². The summed E-state index contributed by atoms with van der Waals surface area (Å²) in [6.45, 7) is 3.10. The molecule has 1 aliphatic rings. The van der Waals surface area contributed by atoms with Crippen LogP contribution in [0.2, 0.25) is 0 Å². The van der Waals surface area contributed by atoms with Crippen molar-refractivity contribution < 1.29 is 14.3 Å². The number of carbonyl (C=O) groups excluding carboxylic acids is 2. The number of Topliss-reactive ketones (excluding diaryl/α,β-unsaturated/α-hetero) is 1. The second-order valence-corrected chi connectivity index (χ2v) is 8.52. The molecule has 1 saturated heterocycles. The summed E-state index contributed by atoms with van der Waals surface area (Å²) in [5.74, 6) is -1.00. The number of nitrogens with zero attached hydrogens (tertiary/aromatic N) is 1. The number of morpholine rings is 1. The van der Waals surface area contributed by atoms with Crippen molar-refractivity contribution in [2.24, 2.45) is 0 Å². The Balaban J connectivity index is 1.52. The summed E-state index contributed by atoms with van der Waals surface area (Å²) < 4.78 is 6.64. The number of aromatic amines is 2. The van der Waals surface area contributed by atoms with E-state index >= 15 is 0 Å². The Bertz CT molecular complexity index is 1290. The molecule has 0 saturated carbocycles. The fourth-order valence-electron chi connectivity index (χ4n) is 4.16. The maximum Gasteiger partial charge on any atom is 0.295 e. The number of benzene rings is 2. The van der Waals surface area contributed by atoms with Crippen molar-refractivity contribution in [2.45, 2.75) is 13.0 Å². The second-order valence-electron chi connectivity index (χ2n) is 7.60. The minimum atomic E-state index is -0.505. The van der Waals surface area contributed by atoms with Crippen molar-refractivity contribution in [1.82, 2.24) is 14.9 Å². The molecule has 4 aromatic rings. The van der Waals surface area contributed by atoms with Crippen LogP contribution in [0.25, 0.3) is 21.8 Å². The third kappa shape index (κ3) is 3.14. The molecular weight excluding hydrogens is 446 g/mol. The molecule has 5 rings (SSSR count). The van der Waals surface area contributed by atoms with Crippen LogP contribution in [-0.4, -0.2) is 46.3 Å². The van der Waals surface area contributed by atoms with Gasteiger partial charge in [0.15, 0.2) is 0 Å². The highest BCUT2D eigenvalue weighted by atomic mass is 79.9. The lowest BCUT2D eigenvalue weighted by molar-refractivity contribution is -0.135. The van der Waals surface area contributed by atoms with Crippen molar-refractivity contribution in [3.8, 4) is 0 Å². The molecule has 1 fully saturated rings. The first kappa shape index (κ1) is 19.1. The lowest BCUT2D eigenvalue weighted by Crippen LogP contribution is -2.46. The number of hydrogen-bond acceptors (Lipinski definition) is 3. The quantitative estimate of drug-likeness (QED) is 0.345. The Kier molecular flexibility index (Phi) is 4.72. The second kappa shape index (κ2) is 7.41. The fourth-order valence-corrected chi connectivity index (χ4v) is 4.52. The van der Waals surface area contributed by atoms with Crippen LogP contribution < -0.4 is 0 Å². The van der Waals surface area contributed by atoms with Crippen LogP contribution in [0.5, 0.6) is 0 Å². The Hall–Kier alpha value is -2.90. The molecule has 6 nitrogen and oxygen atoms in total. The maximum atomic E-state index is 13.3. The highest BCUT2D eigenvalue weighted by molar-refractivity contribution is 9.10. The summed E-state index contributed by atoms with van der Waals surface area (Å²) in [5, 5.41) is 1.78. The van der Waals surface area contributed by atoms with Crippen LogP contribution in [0.1, 0.15) is 27.5 Å². The first-order valence-corrected chi connectivity index (χ1v) is 10.6. The van der Waals surface area contributed by atoms with E-state index in [4.69, 9.17) is 4.74 Å². The number of aromatic nitrogens is 2. The number of aryl methyl sites for hydroxylation is 1. The van der Waals surface area contributed by atoms with Gasteiger partial charge in [0.05, 0.1) is 24.8 Å². The first-order valence-electron chi connectivity index (χ1n) is 9.80. The molecule has 7 heteroatoms. The molecule has 30 heavy (non-hydrogen) atoms. The number of halogens is 1. The number of ketones is 1. The van der Waals surface area contributed by atoms with E-state index in [0.29, 0.717) is 25.3 Å². The van der Waals surface area contributed by atoms with Gasteiger partial charge in [-0.3, -0.25) is 9.59 Å². The average Bonchev–Trinajstić information content (AvgIpc) is 3.36. The molecule has 2 aromatic heterocycles. The highest BCUT2D eigenvalue weighted by Gasteiger charge is 2.34. The number of ether oxygens (including phenoxy) is 1. The SMILES string of the molecule is Cc1ccc2[nH]cc(C(=O)C(=O)N3CCOCC3c3c[nH]c4ccc(Br)cc34)c2c1. The van der Waals surface area contributed by atoms with Crippen LogP contribution in [0, 0.1) is 6.92 Å². The van der Waals surface area contributed by atoms with E-state index in [0.717, 1.165) is 37.4 Å². The number of fused-ring (bicyclic) bond motifs is 2.